The summed E-state index contributed by atoms with van der Waals surface area (Å²) in [7, 11) is 5.16. The molecule has 1 aromatic rings. The van der Waals surface area contributed by atoms with Crippen molar-refractivity contribution in [3.05, 3.63) is 23.8 Å². The fourth-order valence-corrected chi connectivity index (χ4v) is 2.88. The summed E-state index contributed by atoms with van der Waals surface area (Å²) in [5, 5.41) is 0. The highest BCUT2D eigenvalue weighted by Crippen LogP contribution is 2.25. The zero-order valence-electron chi connectivity index (χ0n) is 12.7. The van der Waals surface area contributed by atoms with Crippen LogP contribution in [0.2, 0.25) is 0 Å². The van der Waals surface area contributed by atoms with Crippen LogP contribution in [0.5, 0.6) is 11.5 Å². The molecule has 1 atom stereocenters. The summed E-state index contributed by atoms with van der Waals surface area (Å²) in [5.41, 5.74) is 1.24. The van der Waals surface area contributed by atoms with Gasteiger partial charge in [0.25, 0.3) is 0 Å². The van der Waals surface area contributed by atoms with Gasteiger partial charge in [0.1, 0.15) is 11.5 Å². The molecule has 1 aliphatic heterocycles. The minimum absolute atomic E-state index is 0.654. The summed E-state index contributed by atoms with van der Waals surface area (Å²) >= 11 is 0. The Morgan fingerprint density at radius 3 is 2.40 bits per heavy atom. The van der Waals surface area contributed by atoms with Crippen molar-refractivity contribution in [3.8, 4) is 11.5 Å². The lowest BCUT2D eigenvalue weighted by atomic mass is 9.98. The number of nitrogens with zero attached hydrogens (tertiary/aromatic N) is 1. The molecule has 1 unspecified atom stereocenters. The van der Waals surface area contributed by atoms with Gasteiger partial charge in [-0.3, -0.25) is 4.90 Å². The summed E-state index contributed by atoms with van der Waals surface area (Å²) in [6.07, 6.45) is 2.51. The monoisotopic (exact) mass is 279 g/mol. The molecule has 4 heteroatoms. The van der Waals surface area contributed by atoms with E-state index in [2.05, 4.69) is 17.0 Å². The highest BCUT2D eigenvalue weighted by molar-refractivity contribution is 5.38. The maximum atomic E-state index is 5.33. The van der Waals surface area contributed by atoms with E-state index in [1.807, 2.05) is 6.07 Å². The highest BCUT2D eigenvalue weighted by Gasteiger charge is 2.20. The molecule has 0 spiro atoms. The number of hydrogen-bond donors (Lipinski definition) is 0. The number of likely N-dealkylation sites (tertiary alicyclic amines) is 1. The first-order chi connectivity index (χ1) is 9.75. The van der Waals surface area contributed by atoms with Crippen LogP contribution in [-0.2, 0) is 11.3 Å². The molecule has 0 bridgehead atoms. The third-order valence-electron chi connectivity index (χ3n) is 3.82. The lowest BCUT2D eigenvalue weighted by Crippen LogP contribution is -2.36. The van der Waals surface area contributed by atoms with Crippen LogP contribution in [0.3, 0.4) is 0 Å². The molecule has 4 nitrogen and oxygen atoms in total. The van der Waals surface area contributed by atoms with Crippen molar-refractivity contribution in [2.24, 2.45) is 5.92 Å². The van der Waals surface area contributed by atoms with Crippen molar-refractivity contribution in [1.82, 2.24) is 4.90 Å². The summed E-state index contributed by atoms with van der Waals surface area (Å²) in [5.74, 6) is 2.36. The topological polar surface area (TPSA) is 30.9 Å². The molecule has 1 heterocycles. The second kappa shape index (κ2) is 7.50. The normalized spacial score (nSPS) is 19.9. The smallest absolute Gasteiger partial charge is 0.122 e. The minimum Gasteiger partial charge on any atom is -0.497 e. The Morgan fingerprint density at radius 1 is 1.10 bits per heavy atom. The van der Waals surface area contributed by atoms with Gasteiger partial charge in [0.05, 0.1) is 20.8 Å². The van der Waals surface area contributed by atoms with E-state index >= 15 is 0 Å². The van der Waals surface area contributed by atoms with Gasteiger partial charge in [-0.2, -0.15) is 0 Å². The predicted molar refractivity (Wildman–Crippen MR) is 79.4 cm³/mol. The molecule has 0 saturated carbocycles. The zero-order chi connectivity index (χ0) is 14.4. The van der Waals surface area contributed by atoms with Gasteiger partial charge in [-0.15, -0.1) is 0 Å². The Bertz CT molecular complexity index is 398. The molecule has 1 aliphatic rings. The average molecular weight is 279 g/mol. The molecular weight excluding hydrogens is 254 g/mol. The van der Waals surface area contributed by atoms with E-state index in [4.69, 9.17) is 14.2 Å². The number of ether oxygens (including phenoxy) is 3. The number of rotatable bonds is 6. The van der Waals surface area contributed by atoms with Crippen molar-refractivity contribution < 1.29 is 14.2 Å². The molecule has 20 heavy (non-hydrogen) atoms. The van der Waals surface area contributed by atoms with Crippen LogP contribution in [-0.4, -0.2) is 45.9 Å². The summed E-state index contributed by atoms with van der Waals surface area (Å²) in [6.45, 7) is 4.05. The van der Waals surface area contributed by atoms with Gasteiger partial charge >= 0.3 is 0 Å². The summed E-state index contributed by atoms with van der Waals surface area (Å²) in [4.78, 5) is 2.49. The summed E-state index contributed by atoms with van der Waals surface area (Å²) < 4.78 is 15.9. The highest BCUT2D eigenvalue weighted by atomic mass is 16.5. The van der Waals surface area contributed by atoms with Crippen LogP contribution in [0.1, 0.15) is 18.4 Å². The first-order valence-corrected chi connectivity index (χ1v) is 7.18. The number of benzene rings is 1. The molecule has 0 aliphatic carbocycles. The minimum atomic E-state index is 0.654. The third kappa shape index (κ3) is 4.12. The Morgan fingerprint density at radius 2 is 1.80 bits per heavy atom. The van der Waals surface area contributed by atoms with E-state index in [-0.39, 0.29) is 0 Å². The molecule has 0 radical (unpaired) electrons. The van der Waals surface area contributed by atoms with E-state index < -0.39 is 0 Å². The van der Waals surface area contributed by atoms with Gasteiger partial charge in [-0.05, 0) is 43.0 Å². The van der Waals surface area contributed by atoms with Gasteiger partial charge in [0.15, 0.2) is 0 Å². The quantitative estimate of drug-likeness (QED) is 0.801. The standard InChI is InChI=1S/C16H25NO3/c1-18-12-13-5-4-6-17(10-13)11-14-7-15(19-2)9-16(8-14)20-3/h7-9,13H,4-6,10-12H2,1-3H3. The molecule has 1 aromatic carbocycles. The Labute approximate surface area is 121 Å². The second-order valence-electron chi connectivity index (χ2n) is 5.42. The molecule has 0 amide bonds. The van der Waals surface area contributed by atoms with Crippen molar-refractivity contribution >= 4 is 0 Å². The van der Waals surface area contributed by atoms with Gasteiger partial charge in [-0.25, -0.2) is 0 Å². The second-order valence-corrected chi connectivity index (χ2v) is 5.42. The average Bonchev–Trinajstić information content (AvgIpc) is 2.47. The van der Waals surface area contributed by atoms with Crippen molar-refractivity contribution in [2.75, 3.05) is 41.0 Å². The Kier molecular flexibility index (Phi) is 5.68. The SMILES string of the molecule is COCC1CCCN(Cc2cc(OC)cc(OC)c2)C1. The molecule has 112 valence electrons. The van der Waals surface area contributed by atoms with Crippen LogP contribution < -0.4 is 9.47 Å². The number of methoxy groups -OCH3 is 3. The van der Waals surface area contributed by atoms with Crippen LogP contribution in [0.15, 0.2) is 18.2 Å². The first-order valence-electron chi connectivity index (χ1n) is 7.18. The van der Waals surface area contributed by atoms with E-state index in [0.29, 0.717) is 5.92 Å². The van der Waals surface area contributed by atoms with Crippen molar-refractivity contribution in [1.29, 1.82) is 0 Å². The molecule has 1 saturated heterocycles. The third-order valence-corrected chi connectivity index (χ3v) is 3.82. The lowest BCUT2D eigenvalue weighted by molar-refractivity contribution is 0.0873. The van der Waals surface area contributed by atoms with E-state index in [9.17, 15) is 0 Å². The molecule has 2 rings (SSSR count). The van der Waals surface area contributed by atoms with Crippen molar-refractivity contribution in [2.45, 2.75) is 19.4 Å². The Balaban J connectivity index is 2.01. The van der Waals surface area contributed by atoms with E-state index in [0.717, 1.165) is 37.7 Å². The first kappa shape index (κ1) is 15.1. The van der Waals surface area contributed by atoms with Crippen molar-refractivity contribution in [3.63, 3.8) is 0 Å². The molecule has 0 aromatic heterocycles. The largest absolute Gasteiger partial charge is 0.497 e. The number of hydrogen-bond acceptors (Lipinski definition) is 4. The van der Waals surface area contributed by atoms with Gasteiger partial charge < -0.3 is 14.2 Å². The number of piperidine rings is 1. The van der Waals surface area contributed by atoms with Crippen LogP contribution in [0, 0.1) is 5.92 Å². The lowest BCUT2D eigenvalue weighted by Gasteiger charge is -2.32. The van der Waals surface area contributed by atoms with E-state index in [1.165, 1.54) is 18.4 Å². The van der Waals surface area contributed by atoms with Gasteiger partial charge in [-0.1, -0.05) is 0 Å². The summed E-state index contributed by atoms with van der Waals surface area (Å²) in [6, 6.07) is 6.08. The van der Waals surface area contributed by atoms with Crippen LogP contribution in [0.25, 0.3) is 0 Å². The maximum Gasteiger partial charge on any atom is 0.122 e. The molecule has 1 fully saturated rings. The predicted octanol–water partition coefficient (Wildman–Crippen LogP) is 2.56. The maximum absolute atomic E-state index is 5.33. The molecule has 0 N–H and O–H groups in total. The van der Waals surface area contributed by atoms with Gasteiger partial charge in [0.2, 0.25) is 0 Å². The Hall–Kier alpha value is -1.26. The fraction of sp³-hybridized carbons (Fsp3) is 0.625. The van der Waals surface area contributed by atoms with E-state index in [1.54, 1.807) is 21.3 Å². The zero-order valence-corrected chi connectivity index (χ0v) is 12.7. The molecular formula is C16H25NO3. The van der Waals surface area contributed by atoms with Gasteiger partial charge in [0, 0.05) is 26.3 Å². The van der Waals surface area contributed by atoms with Crippen LogP contribution >= 0.6 is 0 Å². The fourth-order valence-electron chi connectivity index (χ4n) is 2.88. The van der Waals surface area contributed by atoms with Crippen LogP contribution in [0.4, 0.5) is 0 Å².